The van der Waals surface area contributed by atoms with Crippen LogP contribution in [0.15, 0.2) is 6.07 Å². The second-order valence-electron chi connectivity index (χ2n) is 3.62. The molecule has 96 valence electrons. The Labute approximate surface area is 101 Å². The number of aromatic nitrogens is 2. The monoisotopic (exact) mass is 241 g/mol. The van der Waals surface area contributed by atoms with Crippen LogP contribution in [-0.4, -0.2) is 43.0 Å². The van der Waals surface area contributed by atoms with Crippen molar-refractivity contribution in [1.29, 1.82) is 0 Å². The Morgan fingerprint density at radius 2 is 2.35 bits per heavy atom. The number of carbonyl (C=O) groups excluding carboxylic acids is 1. The summed E-state index contributed by atoms with van der Waals surface area (Å²) in [5.74, 6) is 0.324. The number of ether oxygens (including phenoxy) is 2. The molecule has 0 saturated carbocycles. The first-order valence-corrected chi connectivity index (χ1v) is 5.67. The van der Waals surface area contributed by atoms with Gasteiger partial charge in [-0.15, -0.1) is 0 Å². The molecule has 1 aromatic rings. The van der Waals surface area contributed by atoms with Gasteiger partial charge in [0.25, 0.3) is 5.91 Å². The number of amides is 1. The Morgan fingerprint density at radius 3 is 3.06 bits per heavy atom. The van der Waals surface area contributed by atoms with Gasteiger partial charge in [0, 0.05) is 18.9 Å². The number of hydrogen-bond donors (Lipinski definition) is 2. The average molecular weight is 241 g/mol. The molecule has 2 N–H and O–H groups in total. The van der Waals surface area contributed by atoms with Gasteiger partial charge in [0.15, 0.2) is 5.82 Å². The Morgan fingerprint density at radius 1 is 1.53 bits per heavy atom. The van der Waals surface area contributed by atoms with Gasteiger partial charge in [-0.1, -0.05) is 13.3 Å². The van der Waals surface area contributed by atoms with Crippen LogP contribution in [0.4, 0.5) is 5.82 Å². The molecule has 0 spiro atoms. The van der Waals surface area contributed by atoms with Gasteiger partial charge in [-0.3, -0.25) is 9.89 Å². The van der Waals surface area contributed by atoms with Crippen LogP contribution in [0.25, 0.3) is 0 Å². The molecular formula is C11H19N3O3. The summed E-state index contributed by atoms with van der Waals surface area (Å²) < 4.78 is 9.89. The predicted molar refractivity (Wildman–Crippen MR) is 63.9 cm³/mol. The first-order chi connectivity index (χ1) is 8.26. The predicted octanol–water partition coefficient (Wildman–Crippen LogP) is 0.964. The van der Waals surface area contributed by atoms with Crippen molar-refractivity contribution in [3.05, 3.63) is 11.8 Å². The lowest BCUT2D eigenvalue weighted by atomic mass is 10.2. The molecular weight excluding hydrogens is 222 g/mol. The minimum absolute atomic E-state index is 0.0132. The van der Waals surface area contributed by atoms with E-state index in [9.17, 15) is 4.79 Å². The number of H-pyrrole nitrogens is 1. The van der Waals surface area contributed by atoms with Crippen LogP contribution < -0.4 is 5.32 Å². The molecule has 17 heavy (non-hydrogen) atoms. The minimum Gasteiger partial charge on any atom is -0.382 e. The Kier molecular flexibility index (Phi) is 6.27. The first-order valence-electron chi connectivity index (χ1n) is 5.67. The van der Waals surface area contributed by atoms with Crippen LogP contribution in [0.2, 0.25) is 0 Å². The van der Waals surface area contributed by atoms with Gasteiger partial charge < -0.3 is 14.8 Å². The van der Waals surface area contributed by atoms with E-state index in [2.05, 4.69) is 22.4 Å². The van der Waals surface area contributed by atoms with E-state index in [0.717, 1.165) is 18.5 Å². The maximum absolute atomic E-state index is 11.4. The summed E-state index contributed by atoms with van der Waals surface area (Å²) in [4.78, 5) is 11.4. The molecule has 1 rings (SSSR count). The van der Waals surface area contributed by atoms with Gasteiger partial charge in [-0.05, 0) is 6.42 Å². The Bertz CT molecular complexity index is 338. The van der Waals surface area contributed by atoms with E-state index < -0.39 is 0 Å². The number of rotatable bonds is 8. The van der Waals surface area contributed by atoms with E-state index in [1.807, 2.05) is 6.07 Å². The SMILES string of the molecule is CCCc1cc(NC(=O)COCCOC)n[nH]1. The molecule has 0 saturated heterocycles. The molecule has 0 aliphatic rings. The lowest BCUT2D eigenvalue weighted by molar-refractivity contribution is -0.121. The summed E-state index contributed by atoms with van der Waals surface area (Å²) in [6.45, 7) is 2.99. The highest BCUT2D eigenvalue weighted by atomic mass is 16.5. The van der Waals surface area contributed by atoms with Crippen molar-refractivity contribution in [1.82, 2.24) is 10.2 Å². The molecule has 1 amide bonds. The fourth-order valence-electron chi connectivity index (χ4n) is 1.31. The van der Waals surface area contributed by atoms with E-state index in [1.165, 1.54) is 0 Å². The third-order valence-electron chi connectivity index (χ3n) is 2.08. The first kappa shape index (κ1) is 13.7. The molecule has 0 fully saturated rings. The average Bonchev–Trinajstić information content (AvgIpc) is 2.73. The number of methoxy groups -OCH3 is 1. The molecule has 1 heterocycles. The van der Waals surface area contributed by atoms with Crippen LogP contribution in [0.3, 0.4) is 0 Å². The summed E-state index contributed by atoms with van der Waals surface area (Å²) in [5, 5.41) is 9.50. The van der Waals surface area contributed by atoms with Gasteiger partial charge in [0.1, 0.15) is 6.61 Å². The Balaban J connectivity index is 2.24. The second-order valence-corrected chi connectivity index (χ2v) is 3.62. The number of aryl methyl sites for hydroxylation is 1. The molecule has 0 radical (unpaired) electrons. The third kappa shape index (κ3) is 5.46. The number of aromatic amines is 1. The van der Waals surface area contributed by atoms with Crippen molar-refractivity contribution in [2.45, 2.75) is 19.8 Å². The zero-order valence-electron chi connectivity index (χ0n) is 10.3. The highest BCUT2D eigenvalue weighted by Gasteiger charge is 2.05. The lowest BCUT2D eigenvalue weighted by Gasteiger charge is -2.03. The maximum Gasteiger partial charge on any atom is 0.251 e. The van der Waals surface area contributed by atoms with Crippen molar-refractivity contribution < 1.29 is 14.3 Å². The summed E-state index contributed by atoms with van der Waals surface area (Å²) >= 11 is 0. The molecule has 1 aromatic heterocycles. The third-order valence-corrected chi connectivity index (χ3v) is 2.08. The Hall–Kier alpha value is -1.40. The van der Waals surface area contributed by atoms with E-state index in [0.29, 0.717) is 19.0 Å². The number of carbonyl (C=O) groups is 1. The number of nitrogens with one attached hydrogen (secondary N) is 2. The molecule has 0 aliphatic carbocycles. The molecule has 6 nitrogen and oxygen atoms in total. The van der Waals surface area contributed by atoms with Crippen LogP contribution in [0.1, 0.15) is 19.0 Å². The number of anilines is 1. The topological polar surface area (TPSA) is 76.2 Å². The minimum atomic E-state index is -0.212. The van der Waals surface area contributed by atoms with Gasteiger partial charge in [-0.25, -0.2) is 0 Å². The molecule has 0 unspecified atom stereocenters. The molecule has 0 bridgehead atoms. The van der Waals surface area contributed by atoms with Crippen molar-refractivity contribution >= 4 is 11.7 Å². The van der Waals surface area contributed by atoms with E-state index in [-0.39, 0.29) is 12.5 Å². The van der Waals surface area contributed by atoms with Gasteiger partial charge in [0.05, 0.1) is 13.2 Å². The summed E-state index contributed by atoms with van der Waals surface area (Å²) in [7, 11) is 1.59. The van der Waals surface area contributed by atoms with Crippen molar-refractivity contribution in [2.75, 3.05) is 32.2 Å². The summed E-state index contributed by atoms with van der Waals surface area (Å²) in [5.41, 5.74) is 1.02. The maximum atomic E-state index is 11.4. The number of hydrogen-bond acceptors (Lipinski definition) is 4. The lowest BCUT2D eigenvalue weighted by Crippen LogP contribution is -2.19. The number of nitrogens with zero attached hydrogens (tertiary/aromatic N) is 1. The van der Waals surface area contributed by atoms with E-state index >= 15 is 0 Å². The van der Waals surface area contributed by atoms with Crippen LogP contribution in [0, 0.1) is 0 Å². The van der Waals surface area contributed by atoms with Gasteiger partial charge in [-0.2, -0.15) is 5.10 Å². The van der Waals surface area contributed by atoms with Crippen molar-refractivity contribution in [3.63, 3.8) is 0 Å². The smallest absolute Gasteiger partial charge is 0.251 e. The molecule has 0 aliphatic heterocycles. The van der Waals surface area contributed by atoms with Gasteiger partial charge in [0.2, 0.25) is 0 Å². The van der Waals surface area contributed by atoms with Crippen molar-refractivity contribution in [2.24, 2.45) is 0 Å². The summed E-state index contributed by atoms with van der Waals surface area (Å²) in [6.07, 6.45) is 1.96. The highest BCUT2D eigenvalue weighted by Crippen LogP contribution is 2.06. The molecule has 0 aromatic carbocycles. The quantitative estimate of drug-likeness (QED) is 0.665. The van der Waals surface area contributed by atoms with E-state index in [1.54, 1.807) is 7.11 Å². The van der Waals surface area contributed by atoms with Crippen LogP contribution >= 0.6 is 0 Å². The van der Waals surface area contributed by atoms with Crippen LogP contribution in [-0.2, 0) is 20.7 Å². The zero-order valence-corrected chi connectivity index (χ0v) is 10.3. The summed E-state index contributed by atoms with van der Waals surface area (Å²) in [6, 6.07) is 1.83. The molecule has 6 heteroatoms. The highest BCUT2D eigenvalue weighted by molar-refractivity contribution is 5.90. The molecule has 0 atom stereocenters. The zero-order chi connectivity index (χ0) is 12.5. The normalized spacial score (nSPS) is 10.5. The van der Waals surface area contributed by atoms with Crippen LogP contribution in [0.5, 0.6) is 0 Å². The largest absolute Gasteiger partial charge is 0.382 e. The fraction of sp³-hybridized carbons (Fsp3) is 0.636. The standard InChI is InChI=1S/C11H19N3O3/c1-3-4-9-7-10(14-13-9)12-11(15)8-17-6-5-16-2/h7H,3-6,8H2,1-2H3,(H2,12,13,14,15). The fourth-order valence-corrected chi connectivity index (χ4v) is 1.31. The van der Waals surface area contributed by atoms with Crippen molar-refractivity contribution in [3.8, 4) is 0 Å². The van der Waals surface area contributed by atoms with Gasteiger partial charge >= 0.3 is 0 Å². The van der Waals surface area contributed by atoms with E-state index in [4.69, 9.17) is 9.47 Å². The second kappa shape index (κ2) is 7.81.